The number of nitrogens with zero attached hydrogens (tertiary/aromatic N) is 1. The highest BCUT2D eigenvalue weighted by molar-refractivity contribution is 7.89. The number of hydrogen-bond donors (Lipinski definition) is 2. The number of halogens is 1. The molecule has 0 saturated carbocycles. The number of hydrogen-bond acceptors (Lipinski definition) is 3. The lowest BCUT2D eigenvalue weighted by molar-refractivity contribution is 0.579. The van der Waals surface area contributed by atoms with Gasteiger partial charge < -0.3 is 0 Å². The smallest absolute Gasteiger partial charge is 0.241 e. The molecule has 1 aromatic carbocycles. The Bertz CT molecular complexity index is 695. The number of aromatic amines is 1. The third kappa shape index (κ3) is 2.99. The monoisotopic (exact) mass is 283 g/mol. The van der Waals surface area contributed by atoms with E-state index in [4.69, 9.17) is 0 Å². The van der Waals surface area contributed by atoms with Crippen molar-refractivity contribution < 1.29 is 12.8 Å². The van der Waals surface area contributed by atoms with Crippen LogP contribution in [-0.4, -0.2) is 18.6 Å². The maximum atomic E-state index is 13.0. The molecule has 0 atom stereocenters. The molecular formula is C12H14FN3O2S. The van der Waals surface area contributed by atoms with Gasteiger partial charge in [-0.05, 0) is 37.6 Å². The zero-order chi connectivity index (χ0) is 14.0. The Labute approximate surface area is 110 Å². The van der Waals surface area contributed by atoms with Gasteiger partial charge in [0.05, 0.1) is 11.1 Å². The summed E-state index contributed by atoms with van der Waals surface area (Å²) in [6, 6.07) is 3.58. The largest absolute Gasteiger partial charge is 0.283 e. The van der Waals surface area contributed by atoms with Crippen molar-refractivity contribution in [3.63, 3.8) is 0 Å². The third-order valence-electron chi connectivity index (χ3n) is 2.81. The summed E-state index contributed by atoms with van der Waals surface area (Å²) >= 11 is 0. The average Bonchev–Trinajstić information content (AvgIpc) is 2.72. The van der Waals surface area contributed by atoms with E-state index in [9.17, 15) is 12.8 Å². The highest BCUT2D eigenvalue weighted by atomic mass is 32.2. The first-order valence-electron chi connectivity index (χ1n) is 5.65. The van der Waals surface area contributed by atoms with Gasteiger partial charge in [-0.25, -0.2) is 17.5 Å². The fourth-order valence-corrected chi connectivity index (χ4v) is 2.95. The number of nitrogens with one attached hydrogen (secondary N) is 2. The Morgan fingerprint density at radius 1 is 1.37 bits per heavy atom. The zero-order valence-corrected chi connectivity index (χ0v) is 11.4. The van der Waals surface area contributed by atoms with Crippen molar-refractivity contribution in [2.75, 3.05) is 0 Å². The summed E-state index contributed by atoms with van der Waals surface area (Å²) in [5, 5.41) is 6.54. The molecule has 19 heavy (non-hydrogen) atoms. The van der Waals surface area contributed by atoms with Crippen LogP contribution in [0.5, 0.6) is 0 Å². The molecule has 2 rings (SSSR count). The molecule has 0 amide bonds. The van der Waals surface area contributed by atoms with E-state index in [1.165, 1.54) is 12.1 Å². The van der Waals surface area contributed by atoms with E-state index in [1.807, 2.05) is 0 Å². The van der Waals surface area contributed by atoms with Crippen molar-refractivity contribution in [2.45, 2.75) is 25.3 Å². The Hall–Kier alpha value is -1.73. The van der Waals surface area contributed by atoms with Crippen molar-refractivity contribution in [1.82, 2.24) is 14.9 Å². The zero-order valence-electron chi connectivity index (χ0n) is 10.6. The molecule has 0 radical (unpaired) electrons. The number of sulfonamides is 1. The van der Waals surface area contributed by atoms with E-state index in [0.29, 0.717) is 5.56 Å². The second-order valence-electron chi connectivity index (χ2n) is 4.25. The Kier molecular flexibility index (Phi) is 3.68. The first-order chi connectivity index (χ1) is 8.90. The quantitative estimate of drug-likeness (QED) is 0.895. The molecule has 0 spiro atoms. The van der Waals surface area contributed by atoms with Gasteiger partial charge in [0.15, 0.2) is 0 Å². The lowest BCUT2D eigenvalue weighted by atomic mass is 10.2. The van der Waals surface area contributed by atoms with Crippen LogP contribution in [0.1, 0.15) is 16.8 Å². The summed E-state index contributed by atoms with van der Waals surface area (Å²) in [6.07, 6.45) is 1.56. The van der Waals surface area contributed by atoms with Crippen LogP contribution in [0.4, 0.5) is 4.39 Å². The van der Waals surface area contributed by atoms with Gasteiger partial charge in [-0.2, -0.15) is 5.10 Å². The van der Waals surface area contributed by atoms with Gasteiger partial charge in [-0.1, -0.05) is 0 Å². The Morgan fingerprint density at radius 2 is 2.11 bits per heavy atom. The number of aryl methyl sites for hydroxylation is 2. The van der Waals surface area contributed by atoms with E-state index in [-0.39, 0.29) is 11.4 Å². The molecule has 0 aliphatic heterocycles. The second-order valence-corrected chi connectivity index (χ2v) is 5.99. The number of aromatic nitrogens is 2. The van der Waals surface area contributed by atoms with Gasteiger partial charge in [0.25, 0.3) is 0 Å². The minimum Gasteiger partial charge on any atom is -0.283 e. The van der Waals surface area contributed by atoms with Crippen LogP contribution < -0.4 is 4.72 Å². The first kappa shape index (κ1) is 13.7. The second kappa shape index (κ2) is 5.10. The molecule has 2 N–H and O–H groups in total. The van der Waals surface area contributed by atoms with Crippen molar-refractivity contribution in [1.29, 1.82) is 0 Å². The maximum Gasteiger partial charge on any atom is 0.241 e. The van der Waals surface area contributed by atoms with E-state index in [1.54, 1.807) is 20.0 Å². The summed E-state index contributed by atoms with van der Waals surface area (Å²) in [6.45, 7) is 3.50. The molecule has 0 unspecified atom stereocenters. The van der Waals surface area contributed by atoms with Crippen LogP contribution in [0.2, 0.25) is 0 Å². The van der Waals surface area contributed by atoms with Gasteiger partial charge >= 0.3 is 0 Å². The predicted molar refractivity (Wildman–Crippen MR) is 68.5 cm³/mol. The molecule has 0 bridgehead atoms. The topological polar surface area (TPSA) is 74.8 Å². The van der Waals surface area contributed by atoms with E-state index < -0.39 is 15.8 Å². The molecule has 2 aromatic rings. The Morgan fingerprint density at radius 3 is 2.68 bits per heavy atom. The summed E-state index contributed by atoms with van der Waals surface area (Å²) < 4.78 is 39.7. The van der Waals surface area contributed by atoms with Crippen LogP contribution in [-0.2, 0) is 16.6 Å². The first-order valence-corrected chi connectivity index (χ1v) is 7.13. The molecule has 0 aliphatic carbocycles. The summed E-state index contributed by atoms with van der Waals surface area (Å²) in [5.41, 5.74) is 1.94. The molecule has 102 valence electrons. The van der Waals surface area contributed by atoms with Gasteiger partial charge in [0.1, 0.15) is 5.82 Å². The lowest BCUT2D eigenvalue weighted by Crippen LogP contribution is -2.24. The molecule has 0 saturated heterocycles. The number of benzene rings is 1. The molecule has 1 heterocycles. The van der Waals surface area contributed by atoms with Crippen molar-refractivity contribution in [3.8, 4) is 0 Å². The van der Waals surface area contributed by atoms with E-state index in [2.05, 4.69) is 14.9 Å². The highest BCUT2D eigenvalue weighted by Gasteiger charge is 2.17. The molecular weight excluding hydrogens is 269 g/mol. The van der Waals surface area contributed by atoms with Gasteiger partial charge in [-0.3, -0.25) is 5.10 Å². The van der Waals surface area contributed by atoms with Crippen LogP contribution in [0.3, 0.4) is 0 Å². The van der Waals surface area contributed by atoms with Gasteiger partial charge in [0, 0.05) is 17.8 Å². The SMILES string of the molecule is Cc1cc(F)ccc1S(=O)(=O)NCc1cn[nH]c1C. The lowest BCUT2D eigenvalue weighted by Gasteiger charge is -2.09. The fraction of sp³-hybridized carbons (Fsp3) is 0.250. The van der Waals surface area contributed by atoms with Gasteiger partial charge in [-0.15, -0.1) is 0 Å². The van der Waals surface area contributed by atoms with Crippen molar-refractivity contribution in [2.24, 2.45) is 0 Å². The van der Waals surface area contributed by atoms with Crippen LogP contribution >= 0.6 is 0 Å². The molecule has 1 aromatic heterocycles. The van der Waals surface area contributed by atoms with Crippen LogP contribution in [0, 0.1) is 19.7 Å². The van der Waals surface area contributed by atoms with Crippen LogP contribution in [0.25, 0.3) is 0 Å². The summed E-state index contributed by atoms with van der Waals surface area (Å²) in [7, 11) is -3.66. The summed E-state index contributed by atoms with van der Waals surface area (Å²) in [5.74, 6) is -0.456. The third-order valence-corrected chi connectivity index (χ3v) is 4.37. The minimum atomic E-state index is -3.66. The highest BCUT2D eigenvalue weighted by Crippen LogP contribution is 2.16. The number of H-pyrrole nitrogens is 1. The average molecular weight is 283 g/mol. The van der Waals surface area contributed by atoms with Gasteiger partial charge in [0.2, 0.25) is 10.0 Å². The predicted octanol–water partition coefficient (Wildman–Crippen LogP) is 1.64. The normalized spacial score (nSPS) is 11.7. The standard InChI is InChI=1S/C12H14FN3O2S/c1-8-5-11(13)3-4-12(8)19(17,18)15-7-10-6-14-16-9(10)2/h3-6,15H,7H2,1-2H3,(H,14,16). The van der Waals surface area contributed by atoms with Crippen molar-refractivity contribution >= 4 is 10.0 Å². The molecule has 5 nitrogen and oxygen atoms in total. The Balaban J connectivity index is 2.21. The maximum absolute atomic E-state index is 13.0. The van der Waals surface area contributed by atoms with Crippen LogP contribution in [0.15, 0.2) is 29.3 Å². The molecule has 7 heteroatoms. The summed E-state index contributed by atoms with van der Waals surface area (Å²) in [4.78, 5) is 0.0787. The van der Waals surface area contributed by atoms with E-state index in [0.717, 1.165) is 17.3 Å². The molecule has 0 aliphatic rings. The van der Waals surface area contributed by atoms with Crippen molar-refractivity contribution in [3.05, 3.63) is 47.0 Å². The fourth-order valence-electron chi connectivity index (χ4n) is 1.72. The number of rotatable bonds is 4. The van der Waals surface area contributed by atoms with E-state index >= 15 is 0 Å². The molecule has 0 fully saturated rings. The minimum absolute atomic E-state index is 0.0787.